The van der Waals surface area contributed by atoms with Crippen molar-refractivity contribution in [1.82, 2.24) is 0 Å². The van der Waals surface area contributed by atoms with Gasteiger partial charge in [-0.05, 0) is 32.6 Å². The van der Waals surface area contributed by atoms with Crippen LogP contribution in [-0.4, -0.2) is 20.2 Å². The Morgan fingerprint density at radius 1 is 1.56 bits per heavy atom. The first-order valence-corrected chi connectivity index (χ1v) is 5.99. The molecule has 90 valence electrons. The second kappa shape index (κ2) is 10.9. The Labute approximate surface area is 122 Å². The molecule has 3 unspecified atom stereocenters. The van der Waals surface area contributed by atoms with E-state index >= 15 is 0 Å². The molecular weight excluding hydrogens is 239 g/mol. The fraction of sp³-hybridized carbons (Fsp3) is 0.800. The van der Waals surface area contributed by atoms with Crippen LogP contribution in [-0.2, 0) is 15.5 Å². The molecule has 0 fully saturated rings. The van der Waals surface area contributed by atoms with Gasteiger partial charge in [0.15, 0.2) is 6.29 Å². The van der Waals surface area contributed by atoms with Crippen molar-refractivity contribution < 1.29 is 47.6 Å². The zero-order valence-electron chi connectivity index (χ0n) is 10.4. The summed E-state index contributed by atoms with van der Waals surface area (Å²) >= 11 is -2.64. The molecule has 0 aliphatic heterocycles. The van der Waals surface area contributed by atoms with E-state index in [4.69, 9.17) is 5.11 Å². The summed E-state index contributed by atoms with van der Waals surface area (Å²) in [5.74, 6) is 0.235. The third kappa shape index (κ3) is 12.8. The molecule has 0 saturated heterocycles. The molecule has 4 nitrogen and oxygen atoms in total. The topological polar surface area (TPSA) is 69.6 Å². The second-order valence-electron chi connectivity index (χ2n) is 3.95. The fourth-order valence-corrected chi connectivity index (χ4v) is 1.51. The number of aliphatic hydroxyl groups excluding tert-OH is 1. The van der Waals surface area contributed by atoms with Crippen LogP contribution in [0.4, 0.5) is 0 Å². The van der Waals surface area contributed by atoms with Crippen LogP contribution in [0.25, 0.3) is 0 Å². The average Bonchev–Trinajstić information content (AvgIpc) is 2.00. The van der Waals surface area contributed by atoms with Crippen molar-refractivity contribution in [3.05, 3.63) is 11.6 Å². The Balaban J connectivity index is 0. The predicted molar refractivity (Wildman–Crippen MR) is 58.5 cm³/mol. The van der Waals surface area contributed by atoms with Gasteiger partial charge in [0.05, 0.1) is 11.4 Å². The molecule has 16 heavy (non-hydrogen) atoms. The van der Waals surface area contributed by atoms with E-state index in [1.54, 1.807) is 0 Å². The first-order valence-electron chi connectivity index (χ1n) is 4.99. The summed E-state index contributed by atoms with van der Waals surface area (Å²) in [5, 5.41) is 9.17. The van der Waals surface area contributed by atoms with Crippen LogP contribution in [0.15, 0.2) is 11.6 Å². The minimum Gasteiger partial charge on any atom is -0.750 e. The zero-order chi connectivity index (χ0) is 11.8. The van der Waals surface area contributed by atoms with E-state index in [2.05, 4.69) is 10.3 Å². The number of aliphatic hydroxyl groups is 1. The molecule has 3 atom stereocenters. The van der Waals surface area contributed by atoms with Crippen LogP contribution in [0.3, 0.4) is 0 Å². The standard InChI is InChI=1S/C10H20O4S.Na/c1-8(2)5-4-6-9(3)7-10(11)14-15(12)13;/h5,9-11H,4,6-7H2,1-3H3,(H,12,13);/q;+1/p-1. The van der Waals surface area contributed by atoms with Crippen molar-refractivity contribution in [2.45, 2.75) is 46.3 Å². The molecule has 0 aromatic rings. The maximum absolute atomic E-state index is 10.1. The first-order chi connectivity index (χ1) is 6.91. The van der Waals surface area contributed by atoms with Gasteiger partial charge in [-0.1, -0.05) is 18.6 Å². The molecule has 0 spiro atoms. The van der Waals surface area contributed by atoms with E-state index in [0.717, 1.165) is 12.8 Å². The molecule has 0 amide bonds. The van der Waals surface area contributed by atoms with Gasteiger partial charge in [-0.2, -0.15) is 0 Å². The number of hydrogen-bond donors (Lipinski definition) is 1. The molecule has 6 heteroatoms. The average molecular weight is 258 g/mol. The van der Waals surface area contributed by atoms with Crippen molar-refractivity contribution in [3.63, 3.8) is 0 Å². The Hall–Kier alpha value is 0.770. The molecule has 0 aliphatic carbocycles. The third-order valence-electron chi connectivity index (χ3n) is 2.01. The normalized spacial score (nSPS) is 15.8. The molecule has 0 heterocycles. The van der Waals surface area contributed by atoms with Crippen molar-refractivity contribution in [3.8, 4) is 0 Å². The summed E-state index contributed by atoms with van der Waals surface area (Å²) < 4.78 is 24.4. The van der Waals surface area contributed by atoms with Crippen LogP contribution in [0.1, 0.15) is 40.0 Å². The number of hydrogen-bond acceptors (Lipinski definition) is 4. The van der Waals surface area contributed by atoms with Gasteiger partial charge in [-0.25, -0.2) is 4.21 Å². The van der Waals surface area contributed by atoms with Crippen molar-refractivity contribution in [1.29, 1.82) is 0 Å². The molecule has 1 N–H and O–H groups in total. The molecule has 0 aromatic heterocycles. The second-order valence-corrected chi connectivity index (χ2v) is 4.56. The summed E-state index contributed by atoms with van der Waals surface area (Å²) in [6.07, 6.45) is 3.10. The van der Waals surface area contributed by atoms with Gasteiger partial charge in [0, 0.05) is 6.42 Å². The van der Waals surface area contributed by atoms with Crippen molar-refractivity contribution in [2.75, 3.05) is 0 Å². The van der Waals surface area contributed by atoms with Gasteiger partial charge < -0.3 is 9.66 Å². The monoisotopic (exact) mass is 258 g/mol. The van der Waals surface area contributed by atoms with Crippen LogP contribution in [0.5, 0.6) is 0 Å². The molecule has 0 radical (unpaired) electrons. The molecule has 0 rings (SSSR count). The minimum atomic E-state index is -2.64. The molecule has 0 saturated carbocycles. The maximum atomic E-state index is 10.1. The summed E-state index contributed by atoms with van der Waals surface area (Å²) in [5.41, 5.74) is 1.26. The summed E-state index contributed by atoms with van der Waals surface area (Å²) in [4.78, 5) is 0. The Kier molecular flexibility index (Phi) is 13.0. The van der Waals surface area contributed by atoms with E-state index < -0.39 is 17.7 Å². The van der Waals surface area contributed by atoms with Gasteiger partial charge in [0.1, 0.15) is 0 Å². The van der Waals surface area contributed by atoms with Crippen molar-refractivity contribution in [2.24, 2.45) is 5.92 Å². The van der Waals surface area contributed by atoms with Crippen LogP contribution >= 0.6 is 0 Å². The Morgan fingerprint density at radius 2 is 2.12 bits per heavy atom. The number of allylic oxidation sites excluding steroid dienone is 2. The van der Waals surface area contributed by atoms with Gasteiger partial charge in [-0.15, -0.1) is 0 Å². The molecular formula is C10H19NaO4S. The minimum absolute atomic E-state index is 0. The van der Waals surface area contributed by atoms with Crippen LogP contribution in [0, 0.1) is 5.92 Å². The van der Waals surface area contributed by atoms with Crippen LogP contribution < -0.4 is 29.6 Å². The summed E-state index contributed by atoms with van der Waals surface area (Å²) in [7, 11) is 0. The fourth-order valence-electron chi connectivity index (χ4n) is 1.25. The van der Waals surface area contributed by atoms with Gasteiger partial charge in [-0.3, -0.25) is 4.18 Å². The van der Waals surface area contributed by atoms with Gasteiger partial charge in [0.2, 0.25) is 0 Å². The largest absolute Gasteiger partial charge is 1.00 e. The summed E-state index contributed by atoms with van der Waals surface area (Å²) in [6.45, 7) is 6.02. The van der Waals surface area contributed by atoms with Gasteiger partial charge >= 0.3 is 29.6 Å². The van der Waals surface area contributed by atoms with E-state index in [0.29, 0.717) is 6.42 Å². The Morgan fingerprint density at radius 3 is 2.56 bits per heavy atom. The van der Waals surface area contributed by atoms with Crippen LogP contribution in [0.2, 0.25) is 0 Å². The van der Waals surface area contributed by atoms with E-state index in [-0.39, 0.29) is 35.5 Å². The summed E-state index contributed by atoms with van der Waals surface area (Å²) in [6, 6.07) is 0. The van der Waals surface area contributed by atoms with E-state index in [9.17, 15) is 8.76 Å². The predicted octanol–water partition coefficient (Wildman–Crippen LogP) is -1.11. The molecule has 0 aromatic carbocycles. The van der Waals surface area contributed by atoms with E-state index in [1.165, 1.54) is 5.57 Å². The Bertz CT molecular complexity index is 229. The quantitative estimate of drug-likeness (QED) is 0.272. The van der Waals surface area contributed by atoms with E-state index in [1.807, 2.05) is 20.8 Å². The first kappa shape index (κ1) is 19.1. The van der Waals surface area contributed by atoms with Gasteiger partial charge in [0.25, 0.3) is 0 Å². The zero-order valence-corrected chi connectivity index (χ0v) is 13.3. The molecule has 0 aliphatic rings. The smallest absolute Gasteiger partial charge is 0.750 e. The SMILES string of the molecule is CC(C)=CCCC(C)CC(O)OS(=O)[O-].[Na+]. The maximum Gasteiger partial charge on any atom is 1.00 e. The van der Waals surface area contributed by atoms with Crippen molar-refractivity contribution >= 4 is 11.4 Å². The molecule has 0 bridgehead atoms. The number of rotatable bonds is 7. The third-order valence-corrected chi connectivity index (χ3v) is 2.38.